The third-order valence-electron chi connectivity index (χ3n) is 4.59. The summed E-state index contributed by atoms with van der Waals surface area (Å²) < 4.78 is 10.9. The van der Waals surface area contributed by atoms with E-state index in [2.05, 4.69) is 5.16 Å². The van der Waals surface area contributed by atoms with Crippen LogP contribution in [0, 0.1) is 6.92 Å². The smallest absolute Gasteiger partial charge is 0.260 e. The van der Waals surface area contributed by atoms with Crippen LogP contribution in [0.5, 0.6) is 0 Å². The quantitative estimate of drug-likeness (QED) is 0.671. The largest absolute Gasteiger partial charge is 0.467 e. The molecule has 0 saturated carbocycles. The van der Waals surface area contributed by atoms with Crippen molar-refractivity contribution in [2.75, 3.05) is 6.54 Å². The van der Waals surface area contributed by atoms with Gasteiger partial charge in [-0.25, -0.2) is 0 Å². The highest BCUT2D eigenvalue weighted by Crippen LogP contribution is 2.37. The lowest BCUT2D eigenvalue weighted by Gasteiger charge is -2.23. The number of likely N-dealkylation sites (tertiary alicyclic amines) is 1. The van der Waals surface area contributed by atoms with Crippen molar-refractivity contribution in [3.63, 3.8) is 0 Å². The number of carbonyl (C=O) groups is 1. The molecule has 5 nitrogen and oxygen atoms in total. The van der Waals surface area contributed by atoms with Gasteiger partial charge in [-0.3, -0.25) is 4.79 Å². The van der Waals surface area contributed by atoms with Gasteiger partial charge in [0.25, 0.3) is 5.91 Å². The fourth-order valence-corrected chi connectivity index (χ4v) is 3.62. The fraction of sp³-hybridized carbons (Fsp3) is 0.263. The second kappa shape index (κ2) is 6.41. The number of rotatable bonds is 3. The number of nitrogens with zero attached hydrogens (tertiary/aromatic N) is 2. The van der Waals surface area contributed by atoms with E-state index >= 15 is 0 Å². The minimum atomic E-state index is -0.104. The van der Waals surface area contributed by atoms with Crippen molar-refractivity contribution in [2.24, 2.45) is 0 Å². The van der Waals surface area contributed by atoms with Gasteiger partial charge in [-0.1, -0.05) is 35.0 Å². The van der Waals surface area contributed by atoms with E-state index in [1.807, 2.05) is 35.2 Å². The van der Waals surface area contributed by atoms with Gasteiger partial charge in [0.2, 0.25) is 0 Å². The van der Waals surface area contributed by atoms with Crippen LogP contribution in [0.1, 0.15) is 40.8 Å². The monoisotopic (exact) mass is 356 g/mol. The van der Waals surface area contributed by atoms with Crippen LogP contribution >= 0.6 is 11.6 Å². The van der Waals surface area contributed by atoms with Crippen molar-refractivity contribution in [1.29, 1.82) is 0 Å². The van der Waals surface area contributed by atoms with Gasteiger partial charge >= 0.3 is 0 Å². The first-order chi connectivity index (χ1) is 12.2. The Balaban J connectivity index is 1.74. The molecular weight excluding hydrogens is 340 g/mol. The maximum absolute atomic E-state index is 13.3. The van der Waals surface area contributed by atoms with E-state index in [0.717, 1.165) is 18.6 Å². The molecule has 128 valence electrons. The lowest BCUT2D eigenvalue weighted by Crippen LogP contribution is -2.31. The first-order valence-corrected chi connectivity index (χ1v) is 8.60. The van der Waals surface area contributed by atoms with E-state index < -0.39 is 0 Å². The Labute approximate surface area is 150 Å². The van der Waals surface area contributed by atoms with Gasteiger partial charge in [0, 0.05) is 12.1 Å². The second-order valence-electron chi connectivity index (χ2n) is 6.11. The summed E-state index contributed by atoms with van der Waals surface area (Å²) in [6.45, 7) is 2.43. The molecular formula is C19H17ClN2O3. The van der Waals surface area contributed by atoms with Gasteiger partial charge in [-0.05, 0) is 38.0 Å². The number of amides is 1. The minimum Gasteiger partial charge on any atom is -0.467 e. The molecule has 0 bridgehead atoms. The number of benzene rings is 1. The lowest BCUT2D eigenvalue weighted by atomic mass is 10.0. The number of aryl methyl sites for hydroxylation is 1. The lowest BCUT2D eigenvalue weighted by molar-refractivity contribution is 0.0719. The Morgan fingerprint density at radius 2 is 2.12 bits per heavy atom. The zero-order valence-corrected chi connectivity index (χ0v) is 14.5. The number of hydrogen-bond donors (Lipinski definition) is 0. The number of furan rings is 1. The number of halogens is 1. The van der Waals surface area contributed by atoms with Crippen molar-refractivity contribution in [2.45, 2.75) is 25.8 Å². The highest BCUT2D eigenvalue weighted by Gasteiger charge is 2.35. The average molecular weight is 357 g/mol. The van der Waals surface area contributed by atoms with Gasteiger partial charge in [0.05, 0.1) is 17.3 Å². The molecule has 1 saturated heterocycles. The average Bonchev–Trinajstić information content (AvgIpc) is 3.35. The van der Waals surface area contributed by atoms with Crippen LogP contribution in [0.4, 0.5) is 0 Å². The summed E-state index contributed by atoms with van der Waals surface area (Å²) in [7, 11) is 0. The summed E-state index contributed by atoms with van der Waals surface area (Å²) in [5.74, 6) is 1.19. The predicted molar refractivity (Wildman–Crippen MR) is 93.4 cm³/mol. The van der Waals surface area contributed by atoms with Gasteiger partial charge in [0.15, 0.2) is 0 Å². The molecule has 6 heteroatoms. The Kier molecular flexibility index (Phi) is 4.09. The van der Waals surface area contributed by atoms with Crippen LogP contribution in [-0.2, 0) is 0 Å². The summed E-state index contributed by atoms with van der Waals surface area (Å²) in [6.07, 6.45) is 3.45. The molecule has 0 aliphatic carbocycles. The zero-order valence-electron chi connectivity index (χ0n) is 13.7. The molecule has 1 aromatic carbocycles. The van der Waals surface area contributed by atoms with Crippen LogP contribution in [0.15, 0.2) is 51.6 Å². The van der Waals surface area contributed by atoms with Gasteiger partial charge < -0.3 is 13.8 Å². The highest BCUT2D eigenvalue weighted by molar-refractivity contribution is 6.33. The fourth-order valence-electron chi connectivity index (χ4n) is 3.39. The molecule has 1 amide bonds. The van der Waals surface area contributed by atoms with Crippen LogP contribution in [0.3, 0.4) is 0 Å². The van der Waals surface area contributed by atoms with Crippen molar-refractivity contribution < 1.29 is 13.7 Å². The second-order valence-corrected chi connectivity index (χ2v) is 6.52. The molecule has 0 N–H and O–H groups in total. The molecule has 4 rings (SSSR count). The Bertz CT molecular complexity index is 901. The summed E-state index contributed by atoms with van der Waals surface area (Å²) in [6, 6.07) is 11.0. The van der Waals surface area contributed by atoms with E-state index in [4.69, 9.17) is 20.5 Å². The van der Waals surface area contributed by atoms with Gasteiger partial charge in [0.1, 0.15) is 22.8 Å². The number of aromatic nitrogens is 1. The molecule has 1 fully saturated rings. The molecule has 1 aliphatic rings. The third-order valence-corrected chi connectivity index (χ3v) is 4.92. The Morgan fingerprint density at radius 3 is 2.88 bits per heavy atom. The summed E-state index contributed by atoms with van der Waals surface area (Å²) >= 11 is 6.29. The van der Waals surface area contributed by atoms with Crippen LogP contribution in [-0.4, -0.2) is 22.5 Å². The third kappa shape index (κ3) is 2.74. The predicted octanol–water partition coefficient (Wildman–Crippen LogP) is 4.87. The summed E-state index contributed by atoms with van der Waals surface area (Å²) in [5.41, 5.74) is 1.64. The number of hydrogen-bond acceptors (Lipinski definition) is 4. The maximum Gasteiger partial charge on any atom is 0.260 e. The normalized spacial score (nSPS) is 17.2. The Morgan fingerprint density at radius 1 is 1.28 bits per heavy atom. The van der Waals surface area contributed by atoms with E-state index in [1.165, 1.54) is 0 Å². The first kappa shape index (κ1) is 16.0. The maximum atomic E-state index is 13.3. The zero-order chi connectivity index (χ0) is 17.4. The van der Waals surface area contributed by atoms with Gasteiger partial charge in [-0.15, -0.1) is 0 Å². The number of carbonyl (C=O) groups excluding carboxylic acids is 1. The van der Waals surface area contributed by atoms with Crippen molar-refractivity contribution in [3.8, 4) is 11.3 Å². The molecule has 25 heavy (non-hydrogen) atoms. The molecule has 3 heterocycles. The van der Waals surface area contributed by atoms with Gasteiger partial charge in [-0.2, -0.15) is 0 Å². The van der Waals surface area contributed by atoms with Crippen LogP contribution < -0.4 is 0 Å². The van der Waals surface area contributed by atoms with Crippen LogP contribution in [0.2, 0.25) is 5.02 Å². The van der Waals surface area contributed by atoms with Crippen molar-refractivity contribution in [3.05, 3.63) is 64.8 Å². The molecule has 3 aromatic rings. The SMILES string of the molecule is Cc1onc(-c2ccccc2Cl)c1C(=O)N1CCC[C@@H]1c1ccco1. The minimum absolute atomic E-state index is 0.0594. The topological polar surface area (TPSA) is 59.5 Å². The van der Waals surface area contributed by atoms with E-state index in [0.29, 0.717) is 34.1 Å². The van der Waals surface area contributed by atoms with Crippen molar-refractivity contribution >= 4 is 17.5 Å². The van der Waals surface area contributed by atoms with E-state index in [1.54, 1.807) is 19.3 Å². The molecule has 1 aliphatic heterocycles. The molecule has 0 radical (unpaired) electrons. The summed E-state index contributed by atoms with van der Waals surface area (Å²) in [5, 5.41) is 4.63. The summed E-state index contributed by atoms with van der Waals surface area (Å²) in [4.78, 5) is 15.1. The van der Waals surface area contributed by atoms with Crippen LogP contribution in [0.25, 0.3) is 11.3 Å². The molecule has 0 spiro atoms. The molecule has 1 atom stereocenters. The van der Waals surface area contributed by atoms with Crippen molar-refractivity contribution in [1.82, 2.24) is 10.1 Å². The van der Waals surface area contributed by atoms with E-state index in [-0.39, 0.29) is 11.9 Å². The van der Waals surface area contributed by atoms with E-state index in [9.17, 15) is 4.79 Å². The standard InChI is InChI=1S/C19H17ClN2O3/c1-12-17(18(21-25-12)13-6-2-3-7-14(13)20)19(23)22-10-4-8-15(22)16-9-5-11-24-16/h2-3,5-7,9,11,15H,4,8,10H2,1H3/t15-/m1/s1. The Hall–Kier alpha value is -2.53. The highest BCUT2D eigenvalue weighted by atomic mass is 35.5. The molecule has 0 unspecified atom stereocenters. The molecule has 2 aromatic heterocycles. The first-order valence-electron chi connectivity index (χ1n) is 8.22.